The average Bonchev–Trinajstić information content (AvgIpc) is 3.16. The Bertz CT molecular complexity index is 2120. The fourth-order valence-corrected chi connectivity index (χ4v) is 5.77. The van der Waals surface area contributed by atoms with Crippen molar-refractivity contribution in [3.05, 3.63) is 156 Å². The van der Waals surface area contributed by atoms with E-state index in [4.69, 9.17) is 9.60 Å². The standard InChI is InChI=1S/C25H26N.C19H16N.Ir/c1-25(2)15-12-21(13-16-25)19-8-10-20(11-9-19)23-14-17-26-24(18-23)22-6-4-3-5-7-22;1-14-8-11-19(20-13-14)17-10-9-15(2)18(12-17)16-6-4-3-5-7-16;/h3-6,8-11,14,17-18,21H,12-13,15-16H2,1-2H3;3-9,11-13H,1-2H3;/q2*-1;/i21D;1D3,2D3;. The van der Waals surface area contributed by atoms with Crippen molar-refractivity contribution in [3.8, 4) is 44.8 Å². The molecule has 1 aliphatic rings. The van der Waals surface area contributed by atoms with Crippen LogP contribution in [0.3, 0.4) is 0 Å². The second-order valence-corrected chi connectivity index (χ2v) is 12.5. The molecule has 7 rings (SSSR count). The van der Waals surface area contributed by atoms with Crippen molar-refractivity contribution in [3.63, 3.8) is 0 Å². The molecule has 47 heavy (non-hydrogen) atoms. The number of hydrogen-bond donors (Lipinski definition) is 0. The summed E-state index contributed by atoms with van der Waals surface area (Å²) in [6.07, 6.45) is 7.31. The smallest absolute Gasteiger partial charge is 0.0352 e. The molecule has 1 saturated carbocycles. The second-order valence-electron chi connectivity index (χ2n) is 12.5. The molecule has 0 N–H and O–H groups in total. The number of aromatic nitrogens is 2. The van der Waals surface area contributed by atoms with E-state index in [0.29, 0.717) is 22.2 Å². The molecule has 2 aromatic heterocycles. The van der Waals surface area contributed by atoms with Crippen LogP contribution in [0, 0.1) is 31.3 Å². The third kappa shape index (κ3) is 8.80. The molecule has 0 amide bonds. The van der Waals surface area contributed by atoms with Crippen molar-refractivity contribution in [2.24, 2.45) is 5.41 Å². The van der Waals surface area contributed by atoms with E-state index in [2.05, 4.69) is 66.3 Å². The summed E-state index contributed by atoms with van der Waals surface area (Å²) in [7, 11) is 0. The molecule has 0 atom stereocenters. The molecule has 1 aliphatic carbocycles. The van der Waals surface area contributed by atoms with E-state index in [1.807, 2.05) is 66.9 Å². The summed E-state index contributed by atoms with van der Waals surface area (Å²) < 4.78 is 54.5. The fraction of sp³-hybridized carbons (Fsp3) is 0.227. The van der Waals surface area contributed by atoms with Crippen LogP contribution in [0.25, 0.3) is 44.8 Å². The van der Waals surface area contributed by atoms with Crippen molar-refractivity contribution in [1.29, 1.82) is 0 Å². The maximum absolute atomic E-state index is 8.95. The first-order valence-electron chi connectivity index (χ1n) is 19.2. The number of pyridine rings is 2. The maximum atomic E-state index is 8.95. The van der Waals surface area contributed by atoms with Gasteiger partial charge >= 0.3 is 0 Å². The van der Waals surface area contributed by atoms with Crippen LogP contribution in [0.4, 0.5) is 0 Å². The third-order valence-corrected chi connectivity index (χ3v) is 8.65. The molecule has 2 nitrogen and oxygen atoms in total. The molecule has 0 aliphatic heterocycles. The van der Waals surface area contributed by atoms with Crippen LogP contribution < -0.4 is 0 Å². The topological polar surface area (TPSA) is 25.8 Å². The second kappa shape index (κ2) is 15.6. The van der Waals surface area contributed by atoms with Gasteiger partial charge in [-0.15, -0.1) is 65.2 Å². The molecule has 0 unspecified atom stereocenters. The summed E-state index contributed by atoms with van der Waals surface area (Å²) in [4.78, 5) is 8.70. The third-order valence-electron chi connectivity index (χ3n) is 8.65. The van der Waals surface area contributed by atoms with Crippen LogP contribution in [-0.4, -0.2) is 9.97 Å². The molecule has 4 aromatic carbocycles. The van der Waals surface area contributed by atoms with Crippen molar-refractivity contribution in [1.82, 2.24) is 9.97 Å². The molecule has 239 valence electrons. The summed E-state index contributed by atoms with van der Waals surface area (Å²) in [5.74, 6) is -0.434. The Morgan fingerprint density at radius 3 is 2.19 bits per heavy atom. The molecular formula is C44H42IrN2-2. The van der Waals surface area contributed by atoms with Gasteiger partial charge in [-0.25, -0.2) is 0 Å². The SMILES string of the molecule is [2H]C([2H])([2H])c1ccc(-c2[c-]cc(C([2H])([2H])[2H])c(-c3ccccc3)c2)nc1.[2H]C1(c2ccc(-c3ccnc(-c4[c-]cccc4)c3)cc2)CCC(C)(C)CC1.[Ir]. The predicted octanol–water partition coefficient (Wildman–Crippen LogP) is 11.7. The van der Waals surface area contributed by atoms with Crippen LogP contribution in [0.5, 0.6) is 0 Å². The quantitative estimate of drug-likeness (QED) is 0.162. The van der Waals surface area contributed by atoms with Gasteiger partial charge in [0.2, 0.25) is 0 Å². The molecule has 2 heterocycles. The zero-order valence-corrected chi connectivity index (χ0v) is 29.1. The minimum Gasteiger partial charge on any atom is -0.305 e. The number of nitrogens with zero attached hydrogens (tertiary/aromatic N) is 2. The Kier molecular flexibility index (Phi) is 8.59. The first-order valence-corrected chi connectivity index (χ1v) is 15.7. The number of hydrogen-bond acceptors (Lipinski definition) is 2. The van der Waals surface area contributed by atoms with Gasteiger partial charge in [-0.2, -0.15) is 0 Å². The Balaban J connectivity index is 0.000000204. The van der Waals surface area contributed by atoms with Gasteiger partial charge in [-0.3, -0.25) is 0 Å². The van der Waals surface area contributed by atoms with Crippen LogP contribution in [0.2, 0.25) is 0 Å². The summed E-state index contributed by atoms with van der Waals surface area (Å²) in [6, 6.07) is 42.4. The normalized spacial score (nSPS) is 17.4. The predicted molar refractivity (Wildman–Crippen MR) is 192 cm³/mol. The number of rotatable bonds is 5. The van der Waals surface area contributed by atoms with Gasteiger partial charge in [-0.1, -0.05) is 99.1 Å². The minimum absolute atomic E-state index is 0. The number of aryl methyl sites for hydroxylation is 2. The van der Waals surface area contributed by atoms with Crippen molar-refractivity contribution >= 4 is 0 Å². The van der Waals surface area contributed by atoms with Crippen molar-refractivity contribution in [2.75, 3.05) is 0 Å². The van der Waals surface area contributed by atoms with Gasteiger partial charge < -0.3 is 9.97 Å². The van der Waals surface area contributed by atoms with Gasteiger partial charge in [0.05, 0.1) is 0 Å². The van der Waals surface area contributed by atoms with Crippen LogP contribution in [-0.2, 0) is 20.1 Å². The van der Waals surface area contributed by atoms with E-state index in [-0.39, 0.29) is 31.2 Å². The molecule has 3 heteroatoms. The van der Waals surface area contributed by atoms with Crippen molar-refractivity contribution in [2.45, 2.75) is 59.1 Å². The Morgan fingerprint density at radius 1 is 0.723 bits per heavy atom. The first kappa shape index (κ1) is 25.9. The Labute approximate surface area is 304 Å². The Morgan fingerprint density at radius 2 is 1.51 bits per heavy atom. The van der Waals surface area contributed by atoms with Crippen LogP contribution in [0.1, 0.15) is 71.7 Å². The molecule has 0 spiro atoms. The fourth-order valence-electron chi connectivity index (χ4n) is 5.77. The average molecular weight is 798 g/mol. The van der Waals surface area contributed by atoms with Gasteiger partial charge in [0.25, 0.3) is 0 Å². The zero-order valence-electron chi connectivity index (χ0n) is 33.7. The van der Waals surface area contributed by atoms with Gasteiger partial charge in [0, 0.05) is 42.1 Å². The van der Waals surface area contributed by atoms with Gasteiger partial charge in [-0.05, 0) is 89.1 Å². The molecule has 1 radical (unpaired) electrons. The first-order chi connectivity index (χ1) is 25.1. The Hall–Kier alpha value is -4.17. The van der Waals surface area contributed by atoms with E-state index in [1.165, 1.54) is 18.3 Å². The van der Waals surface area contributed by atoms with E-state index in [0.717, 1.165) is 59.2 Å². The van der Waals surface area contributed by atoms with E-state index in [9.17, 15) is 0 Å². The molecule has 0 saturated heterocycles. The molecule has 0 bridgehead atoms. The molecular weight excluding hydrogens is 749 g/mol. The van der Waals surface area contributed by atoms with Crippen LogP contribution in [0.15, 0.2) is 128 Å². The maximum Gasteiger partial charge on any atom is 0.0352 e. The van der Waals surface area contributed by atoms with Crippen LogP contribution >= 0.6 is 0 Å². The largest absolute Gasteiger partial charge is 0.305 e. The summed E-state index contributed by atoms with van der Waals surface area (Å²) in [6.45, 7) is 0.163. The van der Waals surface area contributed by atoms with Crippen molar-refractivity contribution < 1.29 is 29.7 Å². The summed E-state index contributed by atoms with van der Waals surface area (Å²) in [5.41, 5.74) is 8.66. The molecule has 1 fully saturated rings. The minimum atomic E-state index is -2.27. The van der Waals surface area contributed by atoms with E-state index < -0.39 is 19.6 Å². The monoisotopic (exact) mass is 798 g/mol. The van der Waals surface area contributed by atoms with Gasteiger partial charge in [0.15, 0.2) is 0 Å². The summed E-state index contributed by atoms with van der Waals surface area (Å²) in [5, 5.41) is 0. The van der Waals surface area contributed by atoms with Gasteiger partial charge in [0.1, 0.15) is 0 Å². The number of benzene rings is 4. The van der Waals surface area contributed by atoms with E-state index >= 15 is 0 Å². The van der Waals surface area contributed by atoms with E-state index in [1.54, 1.807) is 12.1 Å². The molecule has 6 aromatic rings. The summed E-state index contributed by atoms with van der Waals surface area (Å²) >= 11 is 0. The zero-order chi connectivity index (χ0) is 37.9.